The Morgan fingerprint density at radius 1 is 1.56 bits per heavy atom. The number of carbonyl (C=O) groups excluding carboxylic acids is 1. The third kappa shape index (κ3) is 3.54. The van der Waals surface area contributed by atoms with Crippen LogP contribution in [0.15, 0.2) is 4.52 Å². The van der Waals surface area contributed by atoms with Gasteiger partial charge >= 0.3 is 0 Å². The van der Waals surface area contributed by atoms with Crippen molar-refractivity contribution < 1.29 is 14.1 Å². The van der Waals surface area contributed by atoms with E-state index in [0.29, 0.717) is 19.6 Å². The highest BCUT2D eigenvalue weighted by Crippen LogP contribution is 2.14. The van der Waals surface area contributed by atoms with E-state index in [-0.39, 0.29) is 5.91 Å². The van der Waals surface area contributed by atoms with Crippen molar-refractivity contribution in [3.63, 3.8) is 0 Å². The van der Waals surface area contributed by atoms with E-state index < -0.39 is 6.04 Å². The summed E-state index contributed by atoms with van der Waals surface area (Å²) < 4.78 is 9.97. The molecule has 0 fully saturated rings. The van der Waals surface area contributed by atoms with Crippen molar-refractivity contribution in [2.45, 2.75) is 32.9 Å². The van der Waals surface area contributed by atoms with Gasteiger partial charge in [0, 0.05) is 26.3 Å². The van der Waals surface area contributed by atoms with Crippen molar-refractivity contribution in [2.75, 3.05) is 20.8 Å². The molecule has 0 aliphatic rings. The molecule has 102 valence electrons. The minimum atomic E-state index is -0.532. The van der Waals surface area contributed by atoms with E-state index in [2.05, 4.69) is 5.16 Å². The molecule has 0 aromatic carbocycles. The van der Waals surface area contributed by atoms with Crippen molar-refractivity contribution in [3.05, 3.63) is 17.0 Å². The number of ether oxygens (including phenoxy) is 1. The number of likely N-dealkylation sites (N-methyl/N-ethyl adjacent to an activating group) is 1. The van der Waals surface area contributed by atoms with E-state index in [4.69, 9.17) is 15.0 Å². The van der Waals surface area contributed by atoms with Gasteiger partial charge in [0.15, 0.2) is 0 Å². The number of nitrogens with two attached hydrogens (primary N) is 1. The smallest absolute Gasteiger partial charge is 0.239 e. The Bertz CT molecular complexity index is 384. The van der Waals surface area contributed by atoms with E-state index in [1.54, 1.807) is 19.1 Å². The Labute approximate surface area is 107 Å². The third-order valence-corrected chi connectivity index (χ3v) is 2.90. The molecule has 0 bridgehead atoms. The Balaban J connectivity index is 2.60. The van der Waals surface area contributed by atoms with Crippen molar-refractivity contribution in [2.24, 2.45) is 5.73 Å². The average Bonchev–Trinajstić information content (AvgIpc) is 2.66. The summed E-state index contributed by atoms with van der Waals surface area (Å²) in [7, 11) is 3.31. The summed E-state index contributed by atoms with van der Waals surface area (Å²) in [5.41, 5.74) is 7.54. The fraction of sp³-hybridized carbons (Fsp3) is 0.667. The Kier molecular flexibility index (Phi) is 5.30. The predicted octanol–water partition coefficient (Wildman–Crippen LogP) is 0.614. The fourth-order valence-corrected chi connectivity index (χ4v) is 1.69. The van der Waals surface area contributed by atoms with Crippen LogP contribution in [0.3, 0.4) is 0 Å². The van der Waals surface area contributed by atoms with Crippen molar-refractivity contribution >= 4 is 5.91 Å². The van der Waals surface area contributed by atoms with Gasteiger partial charge in [-0.2, -0.15) is 0 Å². The van der Waals surface area contributed by atoms with Gasteiger partial charge in [0.05, 0.1) is 18.3 Å². The second kappa shape index (κ2) is 6.51. The molecule has 0 radical (unpaired) electrons. The highest BCUT2D eigenvalue weighted by Gasteiger charge is 2.20. The summed E-state index contributed by atoms with van der Waals surface area (Å²) >= 11 is 0. The first-order chi connectivity index (χ1) is 8.47. The van der Waals surface area contributed by atoms with E-state index in [9.17, 15) is 4.79 Å². The van der Waals surface area contributed by atoms with Crippen molar-refractivity contribution in [1.29, 1.82) is 0 Å². The van der Waals surface area contributed by atoms with Crippen LogP contribution in [-0.2, 0) is 16.1 Å². The zero-order chi connectivity index (χ0) is 13.7. The standard InChI is InChI=1S/C12H21N3O3/c1-8-10(9(2)18-14-8)7-15(3)12(16)11(13)5-6-17-4/h11H,5-7,13H2,1-4H3. The van der Waals surface area contributed by atoms with Gasteiger partial charge in [0.25, 0.3) is 0 Å². The molecular weight excluding hydrogens is 234 g/mol. The van der Waals surface area contributed by atoms with Crippen molar-refractivity contribution in [1.82, 2.24) is 10.1 Å². The molecule has 0 saturated heterocycles. The van der Waals surface area contributed by atoms with Gasteiger partial charge in [-0.15, -0.1) is 0 Å². The second-order valence-corrected chi connectivity index (χ2v) is 4.38. The number of hydrogen-bond acceptors (Lipinski definition) is 5. The summed E-state index contributed by atoms with van der Waals surface area (Å²) in [6.07, 6.45) is 0.515. The monoisotopic (exact) mass is 255 g/mol. The molecule has 1 unspecified atom stereocenters. The van der Waals surface area contributed by atoms with Gasteiger partial charge in [-0.3, -0.25) is 4.79 Å². The highest BCUT2D eigenvalue weighted by molar-refractivity contribution is 5.81. The van der Waals surface area contributed by atoms with E-state index in [0.717, 1.165) is 17.0 Å². The fourth-order valence-electron chi connectivity index (χ4n) is 1.69. The number of hydrogen-bond donors (Lipinski definition) is 1. The molecule has 1 aromatic heterocycles. The average molecular weight is 255 g/mol. The van der Waals surface area contributed by atoms with Gasteiger partial charge in [0.2, 0.25) is 5.91 Å². The second-order valence-electron chi connectivity index (χ2n) is 4.38. The first-order valence-corrected chi connectivity index (χ1v) is 5.88. The topological polar surface area (TPSA) is 81.6 Å². The molecule has 1 heterocycles. The molecule has 1 aromatic rings. The Morgan fingerprint density at radius 3 is 2.72 bits per heavy atom. The lowest BCUT2D eigenvalue weighted by Crippen LogP contribution is -2.42. The molecule has 0 spiro atoms. The number of amides is 1. The minimum absolute atomic E-state index is 0.105. The summed E-state index contributed by atoms with van der Waals surface area (Å²) in [5, 5.41) is 3.86. The third-order valence-electron chi connectivity index (χ3n) is 2.90. The molecule has 18 heavy (non-hydrogen) atoms. The number of aromatic nitrogens is 1. The molecule has 1 atom stereocenters. The number of methoxy groups -OCH3 is 1. The molecular formula is C12H21N3O3. The van der Waals surface area contributed by atoms with Gasteiger partial charge in [0.1, 0.15) is 5.76 Å². The molecule has 2 N–H and O–H groups in total. The maximum Gasteiger partial charge on any atom is 0.239 e. The Hall–Kier alpha value is -1.40. The lowest BCUT2D eigenvalue weighted by Gasteiger charge is -2.21. The summed E-state index contributed by atoms with van der Waals surface area (Å²) in [4.78, 5) is 13.6. The summed E-state index contributed by atoms with van der Waals surface area (Å²) in [6.45, 7) is 4.63. The van der Waals surface area contributed by atoms with E-state index >= 15 is 0 Å². The predicted molar refractivity (Wildman–Crippen MR) is 66.9 cm³/mol. The molecule has 0 saturated carbocycles. The quantitative estimate of drug-likeness (QED) is 0.805. The van der Waals surface area contributed by atoms with Gasteiger partial charge in [-0.05, 0) is 20.3 Å². The number of nitrogens with zero attached hydrogens (tertiary/aromatic N) is 2. The Morgan fingerprint density at radius 2 is 2.22 bits per heavy atom. The number of rotatable bonds is 6. The number of aryl methyl sites for hydroxylation is 2. The zero-order valence-electron chi connectivity index (χ0n) is 11.4. The summed E-state index contributed by atoms with van der Waals surface area (Å²) in [6, 6.07) is -0.532. The van der Waals surface area contributed by atoms with Crippen LogP contribution in [-0.4, -0.2) is 42.8 Å². The highest BCUT2D eigenvalue weighted by atomic mass is 16.5. The van der Waals surface area contributed by atoms with Crippen LogP contribution < -0.4 is 5.73 Å². The lowest BCUT2D eigenvalue weighted by molar-refractivity contribution is -0.132. The van der Waals surface area contributed by atoms with Crippen LogP contribution in [0.2, 0.25) is 0 Å². The van der Waals surface area contributed by atoms with Crippen LogP contribution in [0, 0.1) is 13.8 Å². The largest absolute Gasteiger partial charge is 0.385 e. The van der Waals surface area contributed by atoms with Crippen LogP contribution >= 0.6 is 0 Å². The first kappa shape index (κ1) is 14.7. The van der Waals surface area contributed by atoms with Crippen LogP contribution in [0.5, 0.6) is 0 Å². The van der Waals surface area contributed by atoms with Gasteiger partial charge in [-0.25, -0.2) is 0 Å². The normalized spacial score (nSPS) is 12.5. The van der Waals surface area contributed by atoms with Crippen LogP contribution in [0.25, 0.3) is 0 Å². The molecule has 1 amide bonds. The molecule has 0 aliphatic carbocycles. The SMILES string of the molecule is COCCC(N)C(=O)N(C)Cc1c(C)noc1C. The maximum absolute atomic E-state index is 12.0. The lowest BCUT2D eigenvalue weighted by atomic mass is 10.1. The van der Waals surface area contributed by atoms with Gasteiger partial charge in [-0.1, -0.05) is 5.16 Å². The minimum Gasteiger partial charge on any atom is -0.385 e. The maximum atomic E-state index is 12.0. The summed E-state index contributed by atoms with van der Waals surface area (Å²) in [5.74, 6) is 0.629. The van der Waals surface area contributed by atoms with Crippen LogP contribution in [0.1, 0.15) is 23.4 Å². The zero-order valence-corrected chi connectivity index (χ0v) is 11.4. The molecule has 6 nitrogen and oxygen atoms in total. The van der Waals surface area contributed by atoms with E-state index in [1.807, 2.05) is 13.8 Å². The van der Waals surface area contributed by atoms with E-state index in [1.165, 1.54) is 0 Å². The van der Waals surface area contributed by atoms with Crippen LogP contribution in [0.4, 0.5) is 0 Å². The van der Waals surface area contributed by atoms with Gasteiger partial charge < -0.3 is 19.9 Å². The van der Waals surface area contributed by atoms with Crippen molar-refractivity contribution in [3.8, 4) is 0 Å². The molecule has 0 aliphatic heterocycles. The first-order valence-electron chi connectivity index (χ1n) is 5.88. The molecule has 1 rings (SSSR count). The number of carbonyl (C=O) groups is 1. The molecule has 6 heteroatoms.